The number of rotatable bonds is 6. The molecule has 4 heteroatoms. The number of carbonyl (C=O) groups is 1. The molecule has 3 N–H and O–H groups in total. The molecule has 1 amide bonds. The van der Waals surface area contributed by atoms with Gasteiger partial charge in [-0.2, -0.15) is 0 Å². The minimum atomic E-state index is -0.108. The molecular formula is C11H15N2O2. The zero-order chi connectivity index (χ0) is 10.9. The van der Waals surface area contributed by atoms with E-state index in [0.717, 1.165) is 0 Å². The molecule has 0 aliphatic rings. The van der Waals surface area contributed by atoms with E-state index in [-0.39, 0.29) is 5.91 Å². The molecule has 0 bridgehead atoms. The summed E-state index contributed by atoms with van der Waals surface area (Å²) in [4.78, 5) is 11.5. The van der Waals surface area contributed by atoms with Crippen LogP contribution in [-0.2, 0) is 4.74 Å². The van der Waals surface area contributed by atoms with E-state index in [0.29, 0.717) is 31.9 Å². The molecule has 0 unspecified atom stereocenters. The van der Waals surface area contributed by atoms with Crippen LogP contribution in [0, 0.1) is 6.07 Å². The second-order valence-corrected chi connectivity index (χ2v) is 2.95. The average Bonchev–Trinajstić information content (AvgIpc) is 2.30. The van der Waals surface area contributed by atoms with Crippen LogP contribution < -0.4 is 11.1 Å². The monoisotopic (exact) mass is 207 g/mol. The lowest BCUT2D eigenvalue weighted by Gasteiger charge is -2.05. The van der Waals surface area contributed by atoms with Crippen molar-refractivity contribution in [3.63, 3.8) is 0 Å². The van der Waals surface area contributed by atoms with E-state index >= 15 is 0 Å². The molecule has 0 spiro atoms. The highest BCUT2D eigenvalue weighted by Gasteiger charge is 2.02. The normalized spacial score (nSPS) is 9.93. The van der Waals surface area contributed by atoms with Crippen molar-refractivity contribution in [2.75, 3.05) is 26.3 Å². The lowest BCUT2D eigenvalue weighted by atomic mass is 10.2. The number of amides is 1. The molecule has 15 heavy (non-hydrogen) atoms. The number of nitrogens with one attached hydrogen (secondary N) is 1. The highest BCUT2D eigenvalue weighted by atomic mass is 16.5. The number of ether oxygens (including phenoxy) is 1. The molecule has 0 aliphatic heterocycles. The Morgan fingerprint density at radius 1 is 1.53 bits per heavy atom. The summed E-state index contributed by atoms with van der Waals surface area (Å²) in [6.45, 7) is 2.00. The molecule has 0 fully saturated rings. The van der Waals surface area contributed by atoms with Crippen LogP contribution >= 0.6 is 0 Å². The largest absolute Gasteiger partial charge is 0.378 e. The summed E-state index contributed by atoms with van der Waals surface area (Å²) < 4.78 is 5.12. The van der Waals surface area contributed by atoms with Crippen molar-refractivity contribution in [2.24, 2.45) is 5.73 Å². The molecule has 0 atom stereocenters. The Hall–Kier alpha value is -1.39. The van der Waals surface area contributed by atoms with E-state index in [1.54, 1.807) is 24.3 Å². The van der Waals surface area contributed by atoms with Crippen molar-refractivity contribution in [1.29, 1.82) is 0 Å². The Balaban J connectivity index is 2.20. The van der Waals surface area contributed by atoms with Gasteiger partial charge < -0.3 is 15.8 Å². The highest BCUT2D eigenvalue weighted by Crippen LogP contribution is 1.96. The highest BCUT2D eigenvalue weighted by molar-refractivity contribution is 5.93. The van der Waals surface area contributed by atoms with Gasteiger partial charge in [-0.25, -0.2) is 0 Å². The molecule has 1 radical (unpaired) electrons. The first-order valence-corrected chi connectivity index (χ1v) is 4.86. The first-order valence-electron chi connectivity index (χ1n) is 4.86. The van der Waals surface area contributed by atoms with Gasteiger partial charge >= 0.3 is 0 Å². The number of benzene rings is 1. The van der Waals surface area contributed by atoms with Crippen molar-refractivity contribution >= 4 is 5.91 Å². The summed E-state index contributed by atoms with van der Waals surface area (Å²) in [6.07, 6.45) is 0. The molecule has 1 aromatic rings. The van der Waals surface area contributed by atoms with Crippen LogP contribution in [0.15, 0.2) is 24.3 Å². The number of nitrogens with two attached hydrogens (primary N) is 1. The Bertz CT molecular complexity index is 288. The number of hydrogen-bond acceptors (Lipinski definition) is 3. The van der Waals surface area contributed by atoms with Crippen LogP contribution in [0.2, 0.25) is 0 Å². The van der Waals surface area contributed by atoms with Gasteiger partial charge in [-0.15, -0.1) is 0 Å². The predicted molar refractivity (Wildman–Crippen MR) is 57.5 cm³/mol. The lowest BCUT2D eigenvalue weighted by Crippen LogP contribution is -2.27. The summed E-state index contributed by atoms with van der Waals surface area (Å²) in [5.41, 5.74) is 5.85. The minimum Gasteiger partial charge on any atom is -0.378 e. The molecule has 4 nitrogen and oxygen atoms in total. The lowest BCUT2D eigenvalue weighted by molar-refractivity contribution is 0.0920. The standard InChI is InChI=1S/C11H15N2O2/c12-6-8-15-9-7-13-11(14)10-4-2-1-3-5-10/h1-2,4-5H,6-9,12H2,(H,13,14). The summed E-state index contributed by atoms with van der Waals surface area (Å²) >= 11 is 0. The molecule has 0 saturated heterocycles. The van der Waals surface area contributed by atoms with Gasteiger partial charge in [-0.3, -0.25) is 4.79 Å². The summed E-state index contributed by atoms with van der Waals surface area (Å²) in [7, 11) is 0. The fourth-order valence-corrected chi connectivity index (χ4v) is 1.06. The SMILES string of the molecule is NCCOCCNC(=O)c1c[c]ccc1. The van der Waals surface area contributed by atoms with Crippen molar-refractivity contribution in [3.05, 3.63) is 35.9 Å². The fourth-order valence-electron chi connectivity index (χ4n) is 1.06. The second kappa shape index (κ2) is 6.98. The maximum atomic E-state index is 11.5. The first-order chi connectivity index (χ1) is 7.34. The smallest absolute Gasteiger partial charge is 0.251 e. The maximum absolute atomic E-state index is 11.5. The van der Waals surface area contributed by atoms with Crippen molar-refractivity contribution in [1.82, 2.24) is 5.32 Å². The third kappa shape index (κ3) is 4.58. The maximum Gasteiger partial charge on any atom is 0.251 e. The van der Waals surface area contributed by atoms with Crippen LogP contribution in [0.3, 0.4) is 0 Å². The topological polar surface area (TPSA) is 64.3 Å². The van der Waals surface area contributed by atoms with Crippen LogP contribution in [0.1, 0.15) is 10.4 Å². The molecule has 81 valence electrons. The molecule has 0 heterocycles. The Kier molecular flexibility index (Phi) is 5.43. The van der Waals surface area contributed by atoms with Gasteiger partial charge in [0.15, 0.2) is 0 Å². The van der Waals surface area contributed by atoms with Gasteiger partial charge in [0.1, 0.15) is 0 Å². The van der Waals surface area contributed by atoms with E-state index < -0.39 is 0 Å². The Labute approximate surface area is 89.4 Å². The predicted octanol–water partition coefficient (Wildman–Crippen LogP) is 0.192. The minimum absolute atomic E-state index is 0.108. The zero-order valence-corrected chi connectivity index (χ0v) is 8.53. The summed E-state index contributed by atoms with van der Waals surface area (Å²) in [6, 6.07) is 9.76. The number of carbonyl (C=O) groups excluding carboxylic acids is 1. The molecular weight excluding hydrogens is 192 g/mol. The first kappa shape index (κ1) is 11.7. The molecule has 0 saturated carbocycles. The molecule has 0 aromatic heterocycles. The van der Waals surface area contributed by atoms with E-state index in [9.17, 15) is 4.79 Å². The van der Waals surface area contributed by atoms with E-state index in [4.69, 9.17) is 10.5 Å². The third-order valence-corrected chi connectivity index (χ3v) is 1.76. The molecule has 1 rings (SSSR count). The fraction of sp³-hybridized carbons (Fsp3) is 0.364. The van der Waals surface area contributed by atoms with Crippen molar-refractivity contribution in [3.8, 4) is 0 Å². The van der Waals surface area contributed by atoms with E-state index in [2.05, 4.69) is 11.4 Å². The van der Waals surface area contributed by atoms with Crippen LogP contribution in [0.25, 0.3) is 0 Å². The zero-order valence-electron chi connectivity index (χ0n) is 8.53. The average molecular weight is 207 g/mol. The van der Waals surface area contributed by atoms with Gasteiger partial charge in [-0.05, 0) is 18.2 Å². The quantitative estimate of drug-likeness (QED) is 0.655. The Morgan fingerprint density at radius 3 is 3.07 bits per heavy atom. The summed E-state index contributed by atoms with van der Waals surface area (Å²) in [5, 5.41) is 2.73. The van der Waals surface area contributed by atoms with Gasteiger partial charge in [0.2, 0.25) is 0 Å². The number of hydrogen-bond donors (Lipinski definition) is 2. The van der Waals surface area contributed by atoms with Gasteiger partial charge in [-0.1, -0.05) is 12.1 Å². The molecule has 1 aromatic carbocycles. The van der Waals surface area contributed by atoms with E-state index in [1.807, 2.05) is 0 Å². The van der Waals surface area contributed by atoms with Crippen molar-refractivity contribution < 1.29 is 9.53 Å². The van der Waals surface area contributed by atoms with Gasteiger partial charge in [0, 0.05) is 18.7 Å². The summed E-state index contributed by atoms with van der Waals surface area (Å²) in [5.74, 6) is -0.108. The van der Waals surface area contributed by atoms with Gasteiger partial charge in [0.25, 0.3) is 5.91 Å². The van der Waals surface area contributed by atoms with Gasteiger partial charge in [0.05, 0.1) is 13.2 Å². The van der Waals surface area contributed by atoms with Crippen LogP contribution in [0.5, 0.6) is 0 Å². The van der Waals surface area contributed by atoms with Crippen LogP contribution in [-0.4, -0.2) is 32.2 Å². The Morgan fingerprint density at radius 2 is 2.40 bits per heavy atom. The third-order valence-electron chi connectivity index (χ3n) is 1.76. The van der Waals surface area contributed by atoms with Crippen molar-refractivity contribution in [2.45, 2.75) is 0 Å². The second-order valence-electron chi connectivity index (χ2n) is 2.95. The van der Waals surface area contributed by atoms with Crippen LogP contribution in [0.4, 0.5) is 0 Å². The molecule has 0 aliphatic carbocycles. The van der Waals surface area contributed by atoms with E-state index in [1.165, 1.54) is 0 Å².